The van der Waals surface area contributed by atoms with Crippen molar-refractivity contribution in [3.63, 3.8) is 0 Å². The predicted octanol–water partition coefficient (Wildman–Crippen LogP) is 2.60. The summed E-state index contributed by atoms with van der Waals surface area (Å²) in [5, 5.41) is 2.84. The van der Waals surface area contributed by atoms with Gasteiger partial charge in [0.2, 0.25) is 5.91 Å². The molecule has 1 aromatic carbocycles. The van der Waals surface area contributed by atoms with Crippen LogP contribution in [0.3, 0.4) is 0 Å². The van der Waals surface area contributed by atoms with E-state index in [4.69, 9.17) is 0 Å². The van der Waals surface area contributed by atoms with Crippen LogP contribution in [0.25, 0.3) is 0 Å². The zero-order valence-electron chi connectivity index (χ0n) is 11.5. The average Bonchev–Trinajstić information content (AvgIpc) is 2.94. The number of thioether (sulfide) groups is 1. The molecule has 0 spiro atoms. The zero-order chi connectivity index (χ0) is 14.1. The number of anilines is 1. The minimum atomic E-state index is -0.000631. The van der Waals surface area contributed by atoms with Crippen molar-refractivity contribution in [3.05, 3.63) is 23.8 Å². The van der Waals surface area contributed by atoms with E-state index in [1.165, 1.54) is 11.8 Å². The highest BCUT2D eigenvalue weighted by molar-refractivity contribution is 8.00. The number of nitrogens with one attached hydrogen (secondary N) is 1. The first-order valence-electron chi connectivity index (χ1n) is 7.03. The van der Waals surface area contributed by atoms with Crippen LogP contribution >= 0.6 is 11.8 Å². The molecule has 1 atom stereocenters. The molecule has 0 bridgehead atoms. The molecular formula is C15H18N2O2S. The molecule has 2 aliphatic heterocycles. The molecule has 0 aliphatic carbocycles. The van der Waals surface area contributed by atoms with Gasteiger partial charge in [-0.2, -0.15) is 0 Å². The third-order valence-corrected chi connectivity index (χ3v) is 5.08. The number of benzene rings is 1. The monoisotopic (exact) mass is 290 g/mol. The molecule has 1 unspecified atom stereocenters. The molecule has 2 heterocycles. The molecule has 20 heavy (non-hydrogen) atoms. The van der Waals surface area contributed by atoms with Crippen LogP contribution in [0.15, 0.2) is 23.1 Å². The van der Waals surface area contributed by atoms with Crippen molar-refractivity contribution in [2.45, 2.75) is 24.7 Å². The van der Waals surface area contributed by atoms with Gasteiger partial charge in [-0.15, -0.1) is 11.8 Å². The Hall–Kier alpha value is -1.49. The van der Waals surface area contributed by atoms with E-state index in [2.05, 4.69) is 12.2 Å². The van der Waals surface area contributed by atoms with Crippen LogP contribution in [0, 0.1) is 5.92 Å². The van der Waals surface area contributed by atoms with Crippen LogP contribution in [-0.4, -0.2) is 35.6 Å². The van der Waals surface area contributed by atoms with Gasteiger partial charge in [-0.25, -0.2) is 0 Å². The van der Waals surface area contributed by atoms with Crippen molar-refractivity contribution in [1.82, 2.24) is 4.90 Å². The van der Waals surface area contributed by atoms with Gasteiger partial charge in [-0.1, -0.05) is 13.3 Å². The number of carbonyl (C=O) groups is 2. The maximum Gasteiger partial charge on any atom is 0.253 e. The summed E-state index contributed by atoms with van der Waals surface area (Å²) in [7, 11) is 0. The van der Waals surface area contributed by atoms with Crippen LogP contribution in [0.4, 0.5) is 5.69 Å². The van der Waals surface area contributed by atoms with Gasteiger partial charge in [0.25, 0.3) is 5.91 Å². The quantitative estimate of drug-likeness (QED) is 0.911. The van der Waals surface area contributed by atoms with Crippen molar-refractivity contribution in [2.24, 2.45) is 5.92 Å². The second kappa shape index (κ2) is 5.48. The predicted molar refractivity (Wildman–Crippen MR) is 80.1 cm³/mol. The van der Waals surface area contributed by atoms with E-state index in [0.717, 1.165) is 36.5 Å². The number of rotatable bonds is 2. The summed E-state index contributed by atoms with van der Waals surface area (Å²) >= 11 is 1.52. The first kappa shape index (κ1) is 13.5. The average molecular weight is 290 g/mol. The minimum absolute atomic E-state index is 0.000631. The van der Waals surface area contributed by atoms with Crippen molar-refractivity contribution >= 4 is 29.3 Å². The Bertz CT molecular complexity index is 559. The third-order valence-electron chi connectivity index (χ3n) is 4.01. The largest absolute Gasteiger partial charge is 0.338 e. The van der Waals surface area contributed by atoms with Crippen molar-refractivity contribution in [2.75, 3.05) is 24.2 Å². The molecule has 2 aliphatic rings. The van der Waals surface area contributed by atoms with Gasteiger partial charge < -0.3 is 10.2 Å². The smallest absolute Gasteiger partial charge is 0.253 e. The number of likely N-dealkylation sites (tertiary alicyclic amines) is 1. The van der Waals surface area contributed by atoms with Gasteiger partial charge in [0, 0.05) is 23.5 Å². The van der Waals surface area contributed by atoms with Gasteiger partial charge in [-0.05, 0) is 30.5 Å². The summed E-state index contributed by atoms with van der Waals surface area (Å²) in [5.74, 6) is 1.16. The van der Waals surface area contributed by atoms with Crippen molar-refractivity contribution in [3.8, 4) is 0 Å². The Morgan fingerprint density at radius 2 is 2.35 bits per heavy atom. The molecule has 2 amide bonds. The standard InChI is InChI=1S/C15H18N2O2S/c1-2-10-5-6-17(8-10)15(19)11-3-4-13-12(7-11)16-14(18)9-20-13/h3-4,7,10H,2,5-6,8-9H2,1H3,(H,16,18). The topological polar surface area (TPSA) is 49.4 Å². The van der Waals surface area contributed by atoms with Crippen molar-refractivity contribution in [1.29, 1.82) is 0 Å². The Kier molecular flexibility index (Phi) is 3.70. The van der Waals surface area contributed by atoms with E-state index in [9.17, 15) is 9.59 Å². The van der Waals surface area contributed by atoms with Crippen LogP contribution in [0.1, 0.15) is 30.1 Å². The summed E-state index contributed by atoms with van der Waals surface area (Å²) in [5.41, 5.74) is 1.44. The summed E-state index contributed by atoms with van der Waals surface area (Å²) < 4.78 is 0. The van der Waals surface area contributed by atoms with Gasteiger partial charge in [0.15, 0.2) is 0 Å². The molecule has 106 valence electrons. The number of hydrogen-bond acceptors (Lipinski definition) is 3. The Balaban J connectivity index is 1.79. The molecule has 3 rings (SSSR count). The molecule has 1 N–H and O–H groups in total. The fourth-order valence-corrected chi connectivity index (χ4v) is 3.54. The Morgan fingerprint density at radius 1 is 1.50 bits per heavy atom. The molecule has 0 radical (unpaired) electrons. The molecule has 0 aromatic heterocycles. The second-order valence-corrected chi connectivity index (χ2v) is 6.38. The molecule has 1 fully saturated rings. The SMILES string of the molecule is CCC1CCN(C(=O)c2ccc3c(c2)NC(=O)CS3)C1. The van der Waals surface area contributed by atoms with Crippen LogP contribution < -0.4 is 5.32 Å². The number of hydrogen-bond donors (Lipinski definition) is 1. The van der Waals surface area contributed by atoms with Crippen molar-refractivity contribution < 1.29 is 9.59 Å². The molecule has 5 heteroatoms. The molecule has 0 saturated carbocycles. The maximum atomic E-state index is 12.5. The lowest BCUT2D eigenvalue weighted by atomic mass is 10.1. The highest BCUT2D eigenvalue weighted by Gasteiger charge is 2.26. The number of amides is 2. The van der Waals surface area contributed by atoms with Crippen LogP contribution in [0.2, 0.25) is 0 Å². The summed E-state index contributed by atoms with van der Waals surface area (Å²) in [6, 6.07) is 5.60. The lowest BCUT2D eigenvalue weighted by molar-refractivity contribution is -0.113. The number of nitrogens with zero attached hydrogens (tertiary/aromatic N) is 1. The minimum Gasteiger partial charge on any atom is -0.338 e. The van der Waals surface area contributed by atoms with Gasteiger partial charge in [0.1, 0.15) is 0 Å². The maximum absolute atomic E-state index is 12.5. The zero-order valence-corrected chi connectivity index (χ0v) is 12.3. The molecular weight excluding hydrogens is 272 g/mol. The highest BCUT2D eigenvalue weighted by atomic mass is 32.2. The van der Waals surface area contributed by atoms with Crippen LogP contribution in [-0.2, 0) is 4.79 Å². The van der Waals surface area contributed by atoms with E-state index in [-0.39, 0.29) is 11.8 Å². The Morgan fingerprint density at radius 3 is 3.10 bits per heavy atom. The van der Waals surface area contributed by atoms with E-state index in [1.54, 1.807) is 6.07 Å². The summed E-state index contributed by atoms with van der Waals surface area (Å²) in [4.78, 5) is 26.9. The van der Waals surface area contributed by atoms with E-state index in [1.807, 2.05) is 17.0 Å². The highest BCUT2D eigenvalue weighted by Crippen LogP contribution is 2.32. The van der Waals surface area contributed by atoms with Gasteiger partial charge in [-0.3, -0.25) is 9.59 Å². The lowest BCUT2D eigenvalue weighted by Crippen LogP contribution is -2.29. The number of fused-ring (bicyclic) bond motifs is 1. The first-order valence-corrected chi connectivity index (χ1v) is 8.02. The normalized spacial score (nSPS) is 21.6. The third kappa shape index (κ3) is 2.54. The second-order valence-electron chi connectivity index (χ2n) is 5.36. The first-order chi connectivity index (χ1) is 9.67. The summed E-state index contributed by atoms with van der Waals surface area (Å²) in [6.45, 7) is 3.87. The summed E-state index contributed by atoms with van der Waals surface area (Å²) in [6.07, 6.45) is 2.22. The fourth-order valence-electron chi connectivity index (χ4n) is 2.75. The van der Waals surface area contributed by atoms with E-state index in [0.29, 0.717) is 17.2 Å². The van der Waals surface area contributed by atoms with Gasteiger partial charge >= 0.3 is 0 Å². The molecule has 1 aromatic rings. The van der Waals surface area contributed by atoms with E-state index < -0.39 is 0 Å². The van der Waals surface area contributed by atoms with Gasteiger partial charge in [0.05, 0.1) is 11.4 Å². The lowest BCUT2D eigenvalue weighted by Gasteiger charge is -2.20. The van der Waals surface area contributed by atoms with E-state index >= 15 is 0 Å². The van der Waals surface area contributed by atoms with Crippen LogP contribution in [0.5, 0.6) is 0 Å². The molecule has 4 nitrogen and oxygen atoms in total. The fraction of sp³-hybridized carbons (Fsp3) is 0.467. The molecule has 1 saturated heterocycles. The number of carbonyl (C=O) groups excluding carboxylic acids is 2. The Labute approximate surface area is 122 Å².